The van der Waals surface area contributed by atoms with Crippen molar-refractivity contribution in [2.24, 2.45) is 0 Å². The monoisotopic (exact) mass is 262 g/mol. The average Bonchev–Trinajstić information content (AvgIpc) is 2.36. The molecule has 0 amide bonds. The van der Waals surface area contributed by atoms with Crippen molar-refractivity contribution in [1.29, 1.82) is 0 Å². The first-order valence-corrected chi connectivity index (χ1v) is 5.60. The van der Waals surface area contributed by atoms with Crippen LogP contribution in [0, 0.1) is 0 Å². The molecule has 0 spiro atoms. The van der Waals surface area contributed by atoms with E-state index in [2.05, 4.69) is 6.58 Å². The summed E-state index contributed by atoms with van der Waals surface area (Å²) in [5, 5.41) is 37.8. The Bertz CT molecular complexity index is 315. The van der Waals surface area contributed by atoms with Crippen molar-refractivity contribution in [1.82, 2.24) is 0 Å². The third-order valence-electron chi connectivity index (χ3n) is 2.77. The molecule has 1 heterocycles. The number of esters is 1. The van der Waals surface area contributed by atoms with E-state index in [0.29, 0.717) is 0 Å². The summed E-state index contributed by atoms with van der Waals surface area (Å²) >= 11 is 0. The molecule has 1 aliphatic rings. The molecule has 1 unspecified atom stereocenters. The molecule has 0 saturated carbocycles. The summed E-state index contributed by atoms with van der Waals surface area (Å²) in [6.07, 6.45) is -6.80. The van der Waals surface area contributed by atoms with Crippen LogP contribution < -0.4 is 0 Å². The van der Waals surface area contributed by atoms with Gasteiger partial charge in [0.2, 0.25) is 0 Å². The molecule has 1 saturated heterocycles. The van der Waals surface area contributed by atoms with Crippen LogP contribution in [0.2, 0.25) is 0 Å². The van der Waals surface area contributed by atoms with Gasteiger partial charge in [-0.2, -0.15) is 0 Å². The number of carbonyl (C=O) groups is 1. The summed E-state index contributed by atoms with van der Waals surface area (Å²) in [6, 6.07) is 0. The molecule has 0 aromatic heterocycles. The van der Waals surface area contributed by atoms with Crippen molar-refractivity contribution in [3.63, 3.8) is 0 Å². The first kappa shape index (κ1) is 15.1. The van der Waals surface area contributed by atoms with Crippen LogP contribution in [0.1, 0.15) is 6.92 Å². The molecule has 1 fully saturated rings. The molecular formula is C11H18O7. The lowest BCUT2D eigenvalue weighted by Gasteiger charge is -2.40. The number of hydrogen-bond acceptors (Lipinski definition) is 7. The Kier molecular flexibility index (Phi) is 5.24. The topological polar surface area (TPSA) is 116 Å². The van der Waals surface area contributed by atoms with Gasteiger partial charge in [-0.1, -0.05) is 6.58 Å². The lowest BCUT2D eigenvalue weighted by atomic mass is 9.91. The second kappa shape index (κ2) is 6.26. The Morgan fingerprint density at radius 1 is 1.28 bits per heavy atom. The van der Waals surface area contributed by atoms with Gasteiger partial charge >= 0.3 is 5.97 Å². The molecule has 0 aromatic rings. The SMILES string of the molecule is C=C(C(=O)OCC)C1O[C@H](CO)[C@@H](O)[C@H](O)[C@H]1O. The first-order chi connectivity index (χ1) is 8.43. The van der Waals surface area contributed by atoms with E-state index >= 15 is 0 Å². The molecule has 0 radical (unpaired) electrons. The second-order valence-corrected chi connectivity index (χ2v) is 4.00. The average molecular weight is 262 g/mol. The predicted molar refractivity (Wildman–Crippen MR) is 59.5 cm³/mol. The number of rotatable bonds is 4. The van der Waals surface area contributed by atoms with E-state index < -0.39 is 43.1 Å². The maximum absolute atomic E-state index is 11.5. The fraction of sp³-hybridized carbons (Fsp3) is 0.727. The fourth-order valence-corrected chi connectivity index (χ4v) is 1.73. The van der Waals surface area contributed by atoms with Crippen LogP contribution in [-0.4, -0.2) is 70.1 Å². The van der Waals surface area contributed by atoms with Gasteiger partial charge in [-0.15, -0.1) is 0 Å². The zero-order valence-corrected chi connectivity index (χ0v) is 10.0. The van der Waals surface area contributed by atoms with Crippen molar-refractivity contribution >= 4 is 5.97 Å². The molecule has 5 atom stereocenters. The van der Waals surface area contributed by atoms with Gasteiger partial charge in [0, 0.05) is 0 Å². The highest BCUT2D eigenvalue weighted by Crippen LogP contribution is 2.25. The Labute approximate surface area is 104 Å². The second-order valence-electron chi connectivity index (χ2n) is 4.00. The lowest BCUT2D eigenvalue weighted by Crippen LogP contribution is -2.59. The molecule has 1 aliphatic heterocycles. The van der Waals surface area contributed by atoms with Crippen LogP contribution in [0.3, 0.4) is 0 Å². The number of hydrogen-bond donors (Lipinski definition) is 4. The van der Waals surface area contributed by atoms with Crippen molar-refractivity contribution in [2.45, 2.75) is 37.4 Å². The number of carbonyl (C=O) groups excluding carboxylic acids is 1. The minimum absolute atomic E-state index is 0.134. The molecule has 7 heteroatoms. The number of aliphatic hydroxyl groups excluding tert-OH is 4. The molecule has 4 N–H and O–H groups in total. The highest BCUT2D eigenvalue weighted by Gasteiger charge is 2.45. The van der Waals surface area contributed by atoms with Crippen LogP contribution in [0.15, 0.2) is 12.2 Å². The van der Waals surface area contributed by atoms with Crippen LogP contribution >= 0.6 is 0 Å². The van der Waals surface area contributed by atoms with Crippen LogP contribution in [0.25, 0.3) is 0 Å². The fourth-order valence-electron chi connectivity index (χ4n) is 1.73. The number of ether oxygens (including phenoxy) is 2. The molecule has 104 valence electrons. The third-order valence-corrected chi connectivity index (χ3v) is 2.77. The zero-order valence-electron chi connectivity index (χ0n) is 10.0. The maximum atomic E-state index is 11.5. The summed E-state index contributed by atoms with van der Waals surface area (Å²) in [5.74, 6) is -0.762. The van der Waals surface area contributed by atoms with E-state index in [1.165, 1.54) is 0 Å². The van der Waals surface area contributed by atoms with Gasteiger partial charge in [0.05, 0.1) is 18.8 Å². The molecule has 18 heavy (non-hydrogen) atoms. The van der Waals surface area contributed by atoms with Gasteiger partial charge in [-0.05, 0) is 6.92 Å². The highest BCUT2D eigenvalue weighted by molar-refractivity contribution is 5.89. The molecular weight excluding hydrogens is 244 g/mol. The van der Waals surface area contributed by atoms with Crippen molar-refractivity contribution in [3.8, 4) is 0 Å². The molecule has 0 aliphatic carbocycles. The minimum atomic E-state index is -1.54. The summed E-state index contributed by atoms with van der Waals surface area (Å²) in [5.41, 5.74) is -0.172. The summed E-state index contributed by atoms with van der Waals surface area (Å²) in [4.78, 5) is 11.5. The summed E-state index contributed by atoms with van der Waals surface area (Å²) in [6.45, 7) is 4.63. The minimum Gasteiger partial charge on any atom is -0.463 e. The normalized spacial score (nSPS) is 36.2. The Morgan fingerprint density at radius 3 is 2.39 bits per heavy atom. The van der Waals surface area contributed by atoms with Crippen molar-refractivity contribution in [3.05, 3.63) is 12.2 Å². The van der Waals surface area contributed by atoms with Gasteiger partial charge < -0.3 is 29.9 Å². The molecule has 0 aromatic carbocycles. The third kappa shape index (κ3) is 2.88. The smallest absolute Gasteiger partial charge is 0.336 e. The quantitative estimate of drug-likeness (QED) is 0.340. The highest BCUT2D eigenvalue weighted by atomic mass is 16.6. The molecule has 0 bridgehead atoms. The lowest BCUT2D eigenvalue weighted by molar-refractivity contribution is -0.220. The van der Waals surface area contributed by atoms with Crippen LogP contribution in [0.5, 0.6) is 0 Å². The van der Waals surface area contributed by atoms with E-state index in [1.807, 2.05) is 0 Å². The van der Waals surface area contributed by atoms with Gasteiger partial charge in [0.15, 0.2) is 0 Å². The van der Waals surface area contributed by atoms with Crippen molar-refractivity contribution in [2.75, 3.05) is 13.2 Å². The van der Waals surface area contributed by atoms with Gasteiger partial charge in [0.1, 0.15) is 30.5 Å². The maximum Gasteiger partial charge on any atom is 0.336 e. The Balaban J connectivity index is 2.81. The summed E-state index contributed by atoms with van der Waals surface area (Å²) in [7, 11) is 0. The Morgan fingerprint density at radius 2 is 1.89 bits per heavy atom. The Hall–Kier alpha value is -0.990. The summed E-state index contributed by atoms with van der Waals surface area (Å²) < 4.78 is 9.85. The predicted octanol–water partition coefficient (Wildman–Crippen LogP) is -2.05. The van der Waals surface area contributed by atoms with Crippen molar-refractivity contribution < 1.29 is 34.7 Å². The first-order valence-electron chi connectivity index (χ1n) is 5.60. The van der Waals surface area contributed by atoms with Crippen LogP contribution in [-0.2, 0) is 14.3 Å². The number of aliphatic hydroxyl groups is 4. The van der Waals surface area contributed by atoms with E-state index in [9.17, 15) is 20.1 Å². The van der Waals surface area contributed by atoms with E-state index in [1.54, 1.807) is 6.92 Å². The van der Waals surface area contributed by atoms with Gasteiger partial charge in [-0.3, -0.25) is 0 Å². The van der Waals surface area contributed by atoms with E-state index in [0.717, 1.165) is 0 Å². The van der Waals surface area contributed by atoms with E-state index in [4.69, 9.17) is 14.6 Å². The molecule has 1 rings (SSSR count). The standard InChI is InChI=1S/C11H18O7/c1-3-17-11(16)5(2)10-9(15)8(14)7(13)6(4-12)18-10/h6-10,12-15H,2-4H2,1H3/t6-,7-,8+,9-,10?/m1/s1. The molecule has 7 nitrogen and oxygen atoms in total. The van der Waals surface area contributed by atoms with Gasteiger partial charge in [-0.25, -0.2) is 4.79 Å². The zero-order chi connectivity index (χ0) is 13.9. The van der Waals surface area contributed by atoms with E-state index in [-0.39, 0.29) is 12.2 Å². The van der Waals surface area contributed by atoms with Crippen LogP contribution in [0.4, 0.5) is 0 Å². The van der Waals surface area contributed by atoms with Gasteiger partial charge in [0.25, 0.3) is 0 Å². The largest absolute Gasteiger partial charge is 0.463 e.